The first-order valence-electron chi connectivity index (χ1n) is 6.93. The van der Waals surface area contributed by atoms with E-state index in [0.717, 1.165) is 37.8 Å². The Labute approximate surface area is 115 Å². The van der Waals surface area contributed by atoms with Crippen LogP contribution in [0.2, 0.25) is 0 Å². The van der Waals surface area contributed by atoms with Crippen molar-refractivity contribution >= 4 is 11.0 Å². The summed E-state index contributed by atoms with van der Waals surface area (Å²) < 4.78 is 28.0. The number of fused-ring (bicyclic) bond motifs is 1. The molecule has 1 aliphatic carbocycles. The van der Waals surface area contributed by atoms with Crippen LogP contribution in [0.25, 0.3) is 11.0 Å². The van der Waals surface area contributed by atoms with Crippen LogP contribution in [0.1, 0.15) is 43.7 Å². The lowest BCUT2D eigenvalue weighted by Gasteiger charge is -2.21. The van der Waals surface area contributed by atoms with Gasteiger partial charge in [0, 0.05) is 25.1 Å². The second-order valence-electron chi connectivity index (χ2n) is 5.45. The molecule has 0 aliphatic heterocycles. The van der Waals surface area contributed by atoms with Gasteiger partial charge in [-0.1, -0.05) is 19.3 Å². The summed E-state index contributed by atoms with van der Waals surface area (Å²) in [6.07, 6.45) is 5.25. The van der Waals surface area contributed by atoms with E-state index in [1.54, 1.807) is 7.05 Å². The minimum atomic E-state index is -0.959. The van der Waals surface area contributed by atoms with Crippen LogP contribution in [0.5, 0.6) is 0 Å². The van der Waals surface area contributed by atoms with E-state index >= 15 is 0 Å². The molecule has 3 rings (SSSR count). The van der Waals surface area contributed by atoms with E-state index in [4.69, 9.17) is 0 Å². The number of rotatable bonds is 1. The lowest BCUT2D eigenvalue weighted by molar-refractivity contribution is 0.433. The number of aromatic nitrogens is 2. The van der Waals surface area contributed by atoms with Crippen molar-refractivity contribution in [2.75, 3.05) is 0 Å². The van der Waals surface area contributed by atoms with Crippen LogP contribution in [0, 0.1) is 11.6 Å². The molecule has 0 atom stereocenters. The standard InChI is InChI=1S/C15H16F2N2O/c1-19-13-8-11(17)10(16)7-12(13)18-14(15(19)20)9-5-3-2-4-6-9/h7-9H,2-6H2,1H3. The summed E-state index contributed by atoms with van der Waals surface area (Å²) in [6.45, 7) is 0. The maximum atomic E-state index is 13.4. The third kappa shape index (κ3) is 2.11. The van der Waals surface area contributed by atoms with Gasteiger partial charge in [-0.2, -0.15) is 0 Å². The fourth-order valence-corrected chi connectivity index (χ4v) is 2.98. The number of hydrogen-bond acceptors (Lipinski definition) is 2. The highest BCUT2D eigenvalue weighted by molar-refractivity contribution is 5.75. The Morgan fingerprint density at radius 1 is 1.15 bits per heavy atom. The molecule has 1 heterocycles. The SMILES string of the molecule is Cn1c(=O)c(C2CCCCC2)nc2cc(F)c(F)cc21. The number of benzene rings is 1. The molecule has 1 aliphatic rings. The Morgan fingerprint density at radius 3 is 2.50 bits per heavy atom. The van der Waals surface area contributed by atoms with Gasteiger partial charge in [0.1, 0.15) is 5.69 Å². The number of aryl methyl sites for hydroxylation is 1. The summed E-state index contributed by atoms with van der Waals surface area (Å²) in [5.41, 5.74) is 0.959. The van der Waals surface area contributed by atoms with E-state index in [1.807, 2.05) is 0 Å². The molecular weight excluding hydrogens is 262 g/mol. The topological polar surface area (TPSA) is 34.9 Å². The largest absolute Gasteiger partial charge is 0.308 e. The van der Waals surface area contributed by atoms with Crippen LogP contribution in [0.15, 0.2) is 16.9 Å². The van der Waals surface area contributed by atoms with Crippen LogP contribution in [-0.4, -0.2) is 9.55 Å². The quantitative estimate of drug-likeness (QED) is 0.802. The number of hydrogen-bond donors (Lipinski definition) is 0. The first-order chi connectivity index (χ1) is 9.58. The molecule has 2 aromatic rings. The van der Waals surface area contributed by atoms with Crippen LogP contribution in [0.3, 0.4) is 0 Å². The fraction of sp³-hybridized carbons (Fsp3) is 0.467. The van der Waals surface area contributed by atoms with Gasteiger partial charge in [0.25, 0.3) is 5.56 Å². The molecule has 0 radical (unpaired) electrons. The molecule has 1 saturated carbocycles. The normalized spacial score (nSPS) is 16.8. The van der Waals surface area contributed by atoms with E-state index in [9.17, 15) is 13.6 Å². The van der Waals surface area contributed by atoms with Gasteiger partial charge in [-0.25, -0.2) is 13.8 Å². The van der Waals surface area contributed by atoms with Gasteiger partial charge in [-0.3, -0.25) is 4.79 Å². The van der Waals surface area contributed by atoms with Gasteiger partial charge in [0.2, 0.25) is 0 Å². The second-order valence-corrected chi connectivity index (χ2v) is 5.45. The summed E-state index contributed by atoms with van der Waals surface area (Å²) in [7, 11) is 1.58. The molecule has 1 fully saturated rings. The Morgan fingerprint density at radius 2 is 1.80 bits per heavy atom. The van der Waals surface area contributed by atoms with E-state index in [0.29, 0.717) is 16.7 Å². The minimum Gasteiger partial charge on any atom is -0.308 e. The molecule has 0 N–H and O–H groups in total. The number of nitrogens with zero attached hydrogens (tertiary/aromatic N) is 2. The molecule has 106 valence electrons. The molecule has 0 bridgehead atoms. The van der Waals surface area contributed by atoms with Crippen LogP contribution >= 0.6 is 0 Å². The smallest absolute Gasteiger partial charge is 0.272 e. The zero-order valence-electron chi connectivity index (χ0n) is 11.3. The van der Waals surface area contributed by atoms with Crippen molar-refractivity contribution in [2.24, 2.45) is 7.05 Å². The molecule has 3 nitrogen and oxygen atoms in total. The third-order valence-corrected chi connectivity index (χ3v) is 4.14. The van der Waals surface area contributed by atoms with Crippen LogP contribution in [0.4, 0.5) is 8.78 Å². The van der Waals surface area contributed by atoms with Crippen molar-refractivity contribution in [1.29, 1.82) is 0 Å². The van der Waals surface area contributed by atoms with Crippen molar-refractivity contribution in [3.8, 4) is 0 Å². The predicted octanol–water partition coefficient (Wildman–Crippen LogP) is 3.26. The summed E-state index contributed by atoms with van der Waals surface area (Å²) in [6, 6.07) is 2.10. The lowest BCUT2D eigenvalue weighted by Crippen LogP contribution is -2.26. The van der Waals surface area contributed by atoms with E-state index in [-0.39, 0.29) is 11.5 Å². The molecule has 0 saturated heterocycles. The third-order valence-electron chi connectivity index (χ3n) is 4.14. The van der Waals surface area contributed by atoms with Crippen molar-refractivity contribution < 1.29 is 8.78 Å². The Kier molecular flexibility index (Phi) is 3.28. The van der Waals surface area contributed by atoms with Crippen LogP contribution < -0.4 is 5.56 Å². The maximum absolute atomic E-state index is 13.4. The molecule has 5 heteroatoms. The molecule has 0 spiro atoms. The minimum absolute atomic E-state index is 0.139. The molecule has 0 amide bonds. The van der Waals surface area contributed by atoms with Crippen molar-refractivity contribution in [3.05, 3.63) is 39.8 Å². The fourth-order valence-electron chi connectivity index (χ4n) is 2.98. The highest BCUT2D eigenvalue weighted by Gasteiger charge is 2.22. The Bertz CT molecular complexity index is 718. The van der Waals surface area contributed by atoms with Crippen molar-refractivity contribution in [2.45, 2.75) is 38.0 Å². The Balaban J connectivity index is 2.21. The van der Waals surface area contributed by atoms with Gasteiger partial charge in [0.15, 0.2) is 11.6 Å². The zero-order valence-corrected chi connectivity index (χ0v) is 11.3. The summed E-state index contributed by atoms with van der Waals surface area (Å²) in [5, 5.41) is 0. The monoisotopic (exact) mass is 278 g/mol. The van der Waals surface area contributed by atoms with Crippen LogP contribution in [-0.2, 0) is 7.05 Å². The van der Waals surface area contributed by atoms with Crippen molar-refractivity contribution in [1.82, 2.24) is 9.55 Å². The molecule has 0 unspecified atom stereocenters. The zero-order chi connectivity index (χ0) is 14.3. The van der Waals surface area contributed by atoms with Gasteiger partial charge in [0.05, 0.1) is 11.0 Å². The average Bonchev–Trinajstić information content (AvgIpc) is 2.46. The Hall–Kier alpha value is -1.78. The van der Waals surface area contributed by atoms with Gasteiger partial charge in [-0.05, 0) is 12.8 Å². The molecular formula is C15H16F2N2O. The predicted molar refractivity (Wildman–Crippen MR) is 72.7 cm³/mol. The second kappa shape index (κ2) is 4.96. The molecule has 1 aromatic carbocycles. The summed E-state index contributed by atoms with van der Waals surface area (Å²) in [4.78, 5) is 16.7. The summed E-state index contributed by atoms with van der Waals surface area (Å²) >= 11 is 0. The molecule has 20 heavy (non-hydrogen) atoms. The van der Waals surface area contributed by atoms with E-state index in [2.05, 4.69) is 4.98 Å². The van der Waals surface area contributed by atoms with Gasteiger partial charge >= 0.3 is 0 Å². The highest BCUT2D eigenvalue weighted by Crippen LogP contribution is 2.30. The first-order valence-corrected chi connectivity index (χ1v) is 6.93. The maximum Gasteiger partial charge on any atom is 0.272 e. The van der Waals surface area contributed by atoms with Crippen molar-refractivity contribution in [3.63, 3.8) is 0 Å². The highest BCUT2D eigenvalue weighted by atomic mass is 19.2. The van der Waals surface area contributed by atoms with Gasteiger partial charge < -0.3 is 4.57 Å². The number of halogens is 2. The summed E-state index contributed by atoms with van der Waals surface area (Å²) in [5.74, 6) is -1.75. The first kappa shape index (κ1) is 13.2. The molecule has 1 aromatic heterocycles. The van der Waals surface area contributed by atoms with Gasteiger partial charge in [-0.15, -0.1) is 0 Å². The lowest BCUT2D eigenvalue weighted by atomic mass is 9.87. The van der Waals surface area contributed by atoms with E-state index in [1.165, 1.54) is 11.0 Å². The average molecular weight is 278 g/mol. The van der Waals surface area contributed by atoms with E-state index < -0.39 is 11.6 Å².